The van der Waals surface area contributed by atoms with Crippen LogP contribution in [0.4, 0.5) is 5.69 Å². The van der Waals surface area contributed by atoms with Crippen molar-refractivity contribution in [1.82, 2.24) is 4.98 Å². The number of anilines is 1. The zero-order valence-electron chi connectivity index (χ0n) is 11.0. The van der Waals surface area contributed by atoms with Crippen LogP contribution in [0.1, 0.15) is 23.0 Å². The lowest BCUT2D eigenvalue weighted by Gasteiger charge is -2.02. The Balaban J connectivity index is 2.06. The van der Waals surface area contributed by atoms with Gasteiger partial charge in [-0.15, -0.1) is 0 Å². The van der Waals surface area contributed by atoms with Gasteiger partial charge in [-0.25, -0.2) is 0 Å². The van der Waals surface area contributed by atoms with Crippen LogP contribution in [-0.4, -0.2) is 16.7 Å². The second-order valence-corrected chi connectivity index (χ2v) is 4.21. The van der Waals surface area contributed by atoms with Crippen LogP contribution in [0.5, 0.6) is 0 Å². The molecule has 2 aromatic rings. The van der Waals surface area contributed by atoms with Crippen molar-refractivity contribution in [2.24, 2.45) is 0 Å². The van der Waals surface area contributed by atoms with Crippen LogP contribution in [0.3, 0.4) is 0 Å². The molecule has 1 N–H and O–H groups in total. The van der Waals surface area contributed by atoms with Crippen LogP contribution in [-0.2, 0) is 4.79 Å². The SMILES string of the molecule is CC(=O)Nc1ccc(C(=O)/C=C\c2ccccn2)cc1. The van der Waals surface area contributed by atoms with Crippen molar-refractivity contribution >= 4 is 23.5 Å². The summed E-state index contributed by atoms with van der Waals surface area (Å²) in [5.41, 5.74) is 1.96. The van der Waals surface area contributed by atoms with Gasteiger partial charge in [0, 0.05) is 24.4 Å². The Bertz CT molecular complexity index is 631. The first-order valence-electron chi connectivity index (χ1n) is 6.16. The summed E-state index contributed by atoms with van der Waals surface area (Å²) in [4.78, 5) is 26.9. The third kappa shape index (κ3) is 3.88. The van der Waals surface area contributed by atoms with Gasteiger partial charge >= 0.3 is 0 Å². The molecule has 0 radical (unpaired) electrons. The molecule has 0 saturated carbocycles. The van der Waals surface area contributed by atoms with Gasteiger partial charge in [-0.2, -0.15) is 0 Å². The number of amides is 1. The lowest BCUT2D eigenvalue weighted by molar-refractivity contribution is -0.114. The average Bonchev–Trinajstić information content (AvgIpc) is 2.46. The van der Waals surface area contributed by atoms with Crippen LogP contribution in [0.25, 0.3) is 6.08 Å². The van der Waals surface area contributed by atoms with Gasteiger partial charge in [-0.3, -0.25) is 14.6 Å². The van der Waals surface area contributed by atoms with Crippen LogP contribution in [0, 0.1) is 0 Å². The van der Waals surface area contributed by atoms with E-state index in [4.69, 9.17) is 0 Å². The second-order valence-electron chi connectivity index (χ2n) is 4.21. The molecule has 0 spiro atoms. The van der Waals surface area contributed by atoms with Crippen molar-refractivity contribution in [3.8, 4) is 0 Å². The van der Waals surface area contributed by atoms with E-state index < -0.39 is 0 Å². The maximum atomic E-state index is 11.9. The van der Waals surface area contributed by atoms with Crippen molar-refractivity contribution in [3.63, 3.8) is 0 Å². The van der Waals surface area contributed by atoms with Gasteiger partial charge < -0.3 is 5.32 Å². The van der Waals surface area contributed by atoms with Gasteiger partial charge in [-0.05, 0) is 48.6 Å². The minimum absolute atomic E-state index is 0.106. The molecular formula is C16H14N2O2. The molecule has 1 aromatic carbocycles. The predicted octanol–water partition coefficient (Wildman–Crippen LogP) is 2.94. The first-order valence-corrected chi connectivity index (χ1v) is 6.16. The van der Waals surface area contributed by atoms with Gasteiger partial charge in [0.05, 0.1) is 5.69 Å². The fraction of sp³-hybridized carbons (Fsp3) is 0.0625. The summed E-state index contributed by atoms with van der Waals surface area (Å²) in [6.45, 7) is 1.44. The molecule has 0 saturated heterocycles. The molecule has 0 fully saturated rings. The number of ketones is 1. The van der Waals surface area contributed by atoms with Gasteiger partial charge in [0.1, 0.15) is 0 Å². The average molecular weight is 266 g/mol. The van der Waals surface area contributed by atoms with Crippen LogP contribution < -0.4 is 5.32 Å². The van der Waals surface area contributed by atoms with E-state index in [0.717, 1.165) is 5.69 Å². The Morgan fingerprint density at radius 1 is 1.10 bits per heavy atom. The number of rotatable bonds is 4. The maximum Gasteiger partial charge on any atom is 0.221 e. The van der Waals surface area contributed by atoms with Crippen molar-refractivity contribution in [2.75, 3.05) is 5.32 Å². The third-order valence-electron chi connectivity index (χ3n) is 2.58. The van der Waals surface area contributed by atoms with E-state index in [1.165, 1.54) is 13.0 Å². The zero-order valence-corrected chi connectivity index (χ0v) is 11.0. The number of carbonyl (C=O) groups is 2. The number of hydrogen-bond acceptors (Lipinski definition) is 3. The van der Waals surface area contributed by atoms with Crippen molar-refractivity contribution < 1.29 is 9.59 Å². The molecule has 2 rings (SSSR count). The molecule has 0 aliphatic heterocycles. The molecule has 1 amide bonds. The van der Waals surface area contributed by atoms with E-state index in [-0.39, 0.29) is 11.7 Å². The Hall–Kier alpha value is -2.75. The van der Waals surface area contributed by atoms with Crippen LogP contribution in [0.2, 0.25) is 0 Å². The number of carbonyl (C=O) groups excluding carboxylic acids is 2. The number of nitrogens with zero attached hydrogens (tertiary/aromatic N) is 1. The molecule has 1 aromatic heterocycles. The van der Waals surface area contributed by atoms with Gasteiger partial charge in [-0.1, -0.05) is 6.07 Å². The third-order valence-corrected chi connectivity index (χ3v) is 2.58. The number of pyridine rings is 1. The topological polar surface area (TPSA) is 59.1 Å². The maximum absolute atomic E-state index is 11.9. The highest BCUT2D eigenvalue weighted by molar-refractivity contribution is 6.07. The monoisotopic (exact) mass is 266 g/mol. The van der Waals surface area contributed by atoms with Crippen molar-refractivity contribution in [2.45, 2.75) is 6.92 Å². The summed E-state index contributed by atoms with van der Waals surface area (Å²) in [6.07, 6.45) is 4.83. The van der Waals surface area contributed by atoms with E-state index in [9.17, 15) is 9.59 Å². The molecule has 0 bridgehead atoms. The van der Waals surface area contributed by atoms with Crippen LogP contribution >= 0.6 is 0 Å². The summed E-state index contributed by atoms with van der Waals surface area (Å²) in [5.74, 6) is -0.246. The second kappa shape index (κ2) is 6.43. The van der Waals surface area contributed by atoms with Crippen molar-refractivity contribution in [3.05, 3.63) is 66.0 Å². The highest BCUT2D eigenvalue weighted by atomic mass is 16.1. The van der Waals surface area contributed by atoms with E-state index in [1.807, 2.05) is 18.2 Å². The number of nitrogens with one attached hydrogen (secondary N) is 1. The smallest absolute Gasteiger partial charge is 0.221 e. The van der Waals surface area contributed by atoms with E-state index in [2.05, 4.69) is 10.3 Å². The van der Waals surface area contributed by atoms with E-state index >= 15 is 0 Å². The summed E-state index contributed by atoms with van der Waals surface area (Å²) in [6, 6.07) is 12.3. The highest BCUT2D eigenvalue weighted by Crippen LogP contribution is 2.11. The fourth-order valence-electron chi connectivity index (χ4n) is 1.65. The Morgan fingerprint density at radius 2 is 1.85 bits per heavy atom. The Kier molecular flexibility index (Phi) is 4.39. The minimum atomic E-state index is -0.140. The lowest BCUT2D eigenvalue weighted by atomic mass is 10.1. The Labute approximate surface area is 117 Å². The molecule has 4 heteroatoms. The number of allylic oxidation sites excluding steroid dienone is 1. The molecule has 0 unspecified atom stereocenters. The standard InChI is InChI=1S/C16H14N2O2/c1-12(19)18-15-7-5-13(6-8-15)16(20)10-9-14-4-2-3-11-17-14/h2-11H,1H3,(H,18,19)/b10-9-. The quantitative estimate of drug-likeness (QED) is 0.683. The normalized spacial score (nSPS) is 10.4. The molecule has 20 heavy (non-hydrogen) atoms. The summed E-state index contributed by atoms with van der Waals surface area (Å²) in [5, 5.41) is 2.65. The first kappa shape index (κ1) is 13.7. The predicted molar refractivity (Wildman–Crippen MR) is 78.3 cm³/mol. The lowest BCUT2D eigenvalue weighted by Crippen LogP contribution is -2.05. The fourth-order valence-corrected chi connectivity index (χ4v) is 1.65. The zero-order chi connectivity index (χ0) is 14.4. The largest absolute Gasteiger partial charge is 0.326 e. The van der Waals surface area contributed by atoms with Gasteiger partial charge in [0.2, 0.25) is 5.91 Å². The van der Waals surface area contributed by atoms with E-state index in [1.54, 1.807) is 36.5 Å². The molecule has 0 atom stereocenters. The number of benzene rings is 1. The molecular weight excluding hydrogens is 252 g/mol. The molecule has 0 aliphatic carbocycles. The molecule has 100 valence electrons. The summed E-state index contributed by atoms with van der Waals surface area (Å²) < 4.78 is 0. The van der Waals surface area contributed by atoms with E-state index in [0.29, 0.717) is 11.3 Å². The number of aromatic nitrogens is 1. The molecule has 0 aliphatic rings. The first-order chi connectivity index (χ1) is 9.65. The minimum Gasteiger partial charge on any atom is -0.326 e. The van der Waals surface area contributed by atoms with Gasteiger partial charge in [0.25, 0.3) is 0 Å². The van der Waals surface area contributed by atoms with Crippen molar-refractivity contribution in [1.29, 1.82) is 0 Å². The Morgan fingerprint density at radius 3 is 2.45 bits per heavy atom. The van der Waals surface area contributed by atoms with Crippen LogP contribution in [0.15, 0.2) is 54.7 Å². The highest BCUT2D eigenvalue weighted by Gasteiger charge is 2.02. The van der Waals surface area contributed by atoms with Gasteiger partial charge in [0.15, 0.2) is 5.78 Å². The molecule has 4 nitrogen and oxygen atoms in total. The summed E-state index contributed by atoms with van der Waals surface area (Å²) >= 11 is 0. The number of hydrogen-bond donors (Lipinski definition) is 1. The summed E-state index contributed by atoms with van der Waals surface area (Å²) in [7, 11) is 0. The molecule has 1 heterocycles.